The number of aromatic amines is 1. The first kappa shape index (κ1) is 9.63. The van der Waals surface area contributed by atoms with Crippen LogP contribution in [0.4, 0.5) is 0 Å². The Labute approximate surface area is 94.0 Å². The minimum atomic E-state index is 0.00685. The summed E-state index contributed by atoms with van der Waals surface area (Å²) in [6.07, 6.45) is 4.49. The summed E-state index contributed by atoms with van der Waals surface area (Å²) in [5.41, 5.74) is 3.38. The number of para-hydroxylation sites is 1. The summed E-state index contributed by atoms with van der Waals surface area (Å²) in [6, 6.07) is 8.20. The maximum atomic E-state index is 11.8. The van der Waals surface area contributed by atoms with Gasteiger partial charge in [0.1, 0.15) is 6.04 Å². The van der Waals surface area contributed by atoms with E-state index in [1.165, 1.54) is 10.9 Å². The van der Waals surface area contributed by atoms with Gasteiger partial charge in [-0.15, -0.1) is 0 Å². The van der Waals surface area contributed by atoms with E-state index in [2.05, 4.69) is 24.0 Å². The molecule has 0 spiro atoms. The van der Waals surface area contributed by atoms with Crippen molar-refractivity contribution in [3.63, 3.8) is 0 Å². The van der Waals surface area contributed by atoms with Gasteiger partial charge in [0.05, 0.1) is 11.9 Å². The van der Waals surface area contributed by atoms with E-state index in [1.54, 1.807) is 6.20 Å². The van der Waals surface area contributed by atoms with Crippen LogP contribution in [0.2, 0.25) is 0 Å². The smallest absolute Gasteiger partial charge is 0.132 e. The number of hydrogen-bond acceptors (Lipinski definition) is 1. The molecule has 3 nitrogen and oxygen atoms in total. The molecule has 0 aliphatic carbocycles. The Morgan fingerprint density at radius 1 is 1.38 bits per heavy atom. The first-order valence-electron chi connectivity index (χ1n) is 5.63. The summed E-state index contributed by atoms with van der Waals surface area (Å²) in [5.74, 6) is 0. The zero-order valence-electron chi connectivity index (χ0n) is 9.16. The lowest BCUT2D eigenvalue weighted by Crippen LogP contribution is -3.03. The molecule has 0 amide bonds. The van der Waals surface area contributed by atoms with Crippen molar-refractivity contribution in [3.8, 4) is 0 Å². The highest BCUT2D eigenvalue weighted by atomic mass is 16.5. The molecule has 0 radical (unpaired) electrons. The second-order valence-electron chi connectivity index (χ2n) is 4.19. The van der Waals surface area contributed by atoms with Gasteiger partial charge >= 0.3 is 0 Å². The number of H-pyrrole nitrogens is 1. The Balaban J connectivity index is 2.28. The van der Waals surface area contributed by atoms with Crippen molar-refractivity contribution in [2.75, 3.05) is 0 Å². The Morgan fingerprint density at radius 2 is 2.19 bits per heavy atom. The molecule has 0 bridgehead atoms. The standard InChI is InChI=1S/C13H14N2O/c1-2-12-13-10(7-8-15(12)16)9-5-3-4-6-11(9)14-13/h3-8,12,14-15H,2H2,1H3. The highest BCUT2D eigenvalue weighted by Gasteiger charge is 2.24. The molecule has 0 saturated carbocycles. The Kier molecular flexibility index (Phi) is 2.09. The minimum Gasteiger partial charge on any atom is -0.629 e. The van der Waals surface area contributed by atoms with Gasteiger partial charge < -0.3 is 15.3 Å². The second kappa shape index (κ2) is 3.47. The molecule has 1 aliphatic heterocycles. The summed E-state index contributed by atoms with van der Waals surface area (Å²) in [5, 5.41) is 13.2. The molecule has 1 aromatic heterocycles. The molecular formula is C13H14N2O. The molecule has 16 heavy (non-hydrogen) atoms. The number of hydroxylamine groups is 2. The zero-order chi connectivity index (χ0) is 11.1. The van der Waals surface area contributed by atoms with Gasteiger partial charge in [0, 0.05) is 29.0 Å². The van der Waals surface area contributed by atoms with Crippen LogP contribution in [0.15, 0.2) is 30.5 Å². The average molecular weight is 214 g/mol. The maximum absolute atomic E-state index is 11.8. The third-order valence-corrected chi connectivity index (χ3v) is 3.29. The number of benzene rings is 1. The molecule has 0 saturated heterocycles. The molecule has 2 unspecified atom stereocenters. The van der Waals surface area contributed by atoms with E-state index in [4.69, 9.17) is 0 Å². The molecule has 0 fully saturated rings. The van der Waals surface area contributed by atoms with Gasteiger partial charge in [-0.25, -0.2) is 0 Å². The number of fused-ring (bicyclic) bond motifs is 3. The molecular weight excluding hydrogens is 200 g/mol. The lowest BCUT2D eigenvalue weighted by Gasteiger charge is -2.29. The van der Waals surface area contributed by atoms with Crippen molar-refractivity contribution in [1.82, 2.24) is 4.98 Å². The van der Waals surface area contributed by atoms with Crippen LogP contribution in [0, 0.1) is 5.21 Å². The molecule has 2 atom stereocenters. The van der Waals surface area contributed by atoms with E-state index in [9.17, 15) is 5.21 Å². The third kappa shape index (κ3) is 1.22. The monoisotopic (exact) mass is 214 g/mol. The summed E-state index contributed by atoms with van der Waals surface area (Å²) in [7, 11) is 0. The van der Waals surface area contributed by atoms with Crippen LogP contribution >= 0.6 is 0 Å². The van der Waals surface area contributed by atoms with Crippen LogP contribution in [-0.2, 0) is 0 Å². The van der Waals surface area contributed by atoms with Crippen LogP contribution in [0.3, 0.4) is 0 Å². The Bertz CT molecular complexity index is 556. The molecule has 1 aliphatic rings. The first-order valence-corrected chi connectivity index (χ1v) is 5.63. The quantitative estimate of drug-likeness (QED) is 0.700. The fraction of sp³-hybridized carbons (Fsp3) is 0.231. The van der Waals surface area contributed by atoms with Crippen molar-refractivity contribution in [2.45, 2.75) is 19.4 Å². The zero-order valence-corrected chi connectivity index (χ0v) is 9.16. The Morgan fingerprint density at radius 3 is 3.00 bits per heavy atom. The van der Waals surface area contributed by atoms with Crippen LogP contribution < -0.4 is 5.06 Å². The van der Waals surface area contributed by atoms with Crippen LogP contribution in [0.5, 0.6) is 0 Å². The average Bonchev–Trinajstić information content (AvgIpc) is 2.67. The molecule has 2 aromatic rings. The van der Waals surface area contributed by atoms with Crippen molar-refractivity contribution >= 4 is 17.0 Å². The fourth-order valence-electron chi connectivity index (χ4n) is 2.47. The predicted octanol–water partition coefficient (Wildman–Crippen LogP) is 1.99. The van der Waals surface area contributed by atoms with Gasteiger partial charge in [-0.2, -0.15) is 0 Å². The van der Waals surface area contributed by atoms with Gasteiger partial charge in [-0.1, -0.05) is 25.1 Å². The number of nitrogens with one attached hydrogen (secondary N) is 2. The Hall–Kier alpha value is -1.58. The topological polar surface area (TPSA) is 43.3 Å². The number of aromatic nitrogens is 1. The van der Waals surface area contributed by atoms with Gasteiger partial charge in [0.2, 0.25) is 0 Å². The van der Waals surface area contributed by atoms with Crippen molar-refractivity contribution in [2.24, 2.45) is 0 Å². The number of quaternary nitrogens is 1. The van der Waals surface area contributed by atoms with Crippen LogP contribution in [0.1, 0.15) is 30.6 Å². The summed E-state index contributed by atoms with van der Waals surface area (Å²) < 4.78 is 0. The van der Waals surface area contributed by atoms with Crippen molar-refractivity contribution < 1.29 is 5.06 Å². The highest BCUT2D eigenvalue weighted by molar-refractivity contribution is 5.90. The van der Waals surface area contributed by atoms with E-state index in [0.717, 1.165) is 17.6 Å². The van der Waals surface area contributed by atoms with E-state index in [-0.39, 0.29) is 11.1 Å². The largest absolute Gasteiger partial charge is 0.629 e. The SMILES string of the molecule is CCC1c2[nH]c3ccccc3c2C=C[NH+]1[O-]. The molecule has 1 aromatic carbocycles. The maximum Gasteiger partial charge on any atom is 0.132 e. The third-order valence-electron chi connectivity index (χ3n) is 3.29. The van der Waals surface area contributed by atoms with E-state index in [1.807, 2.05) is 18.2 Å². The summed E-state index contributed by atoms with van der Waals surface area (Å²) in [6.45, 7) is 2.05. The van der Waals surface area contributed by atoms with Crippen LogP contribution in [-0.4, -0.2) is 4.98 Å². The number of hydrogen-bond donors (Lipinski definition) is 2. The van der Waals surface area contributed by atoms with Crippen molar-refractivity contribution in [1.29, 1.82) is 0 Å². The van der Waals surface area contributed by atoms with E-state index < -0.39 is 0 Å². The first-order chi connectivity index (χ1) is 7.81. The van der Waals surface area contributed by atoms with Gasteiger partial charge in [0.15, 0.2) is 0 Å². The second-order valence-corrected chi connectivity index (χ2v) is 4.19. The normalized spacial score (nSPS) is 23.6. The molecule has 82 valence electrons. The predicted molar refractivity (Wildman–Crippen MR) is 64.7 cm³/mol. The minimum absolute atomic E-state index is 0.00685. The lowest BCUT2D eigenvalue weighted by atomic mass is 10.0. The number of rotatable bonds is 1. The lowest BCUT2D eigenvalue weighted by molar-refractivity contribution is -0.828. The van der Waals surface area contributed by atoms with Crippen LogP contribution in [0.25, 0.3) is 17.0 Å². The molecule has 3 heteroatoms. The molecule has 2 N–H and O–H groups in total. The van der Waals surface area contributed by atoms with E-state index >= 15 is 0 Å². The summed E-state index contributed by atoms with van der Waals surface area (Å²) >= 11 is 0. The highest BCUT2D eigenvalue weighted by Crippen LogP contribution is 2.29. The molecule has 3 rings (SSSR count). The van der Waals surface area contributed by atoms with Gasteiger partial charge in [-0.3, -0.25) is 0 Å². The van der Waals surface area contributed by atoms with E-state index in [0.29, 0.717) is 0 Å². The van der Waals surface area contributed by atoms with Gasteiger partial charge in [-0.05, 0) is 6.07 Å². The fourth-order valence-corrected chi connectivity index (χ4v) is 2.47. The van der Waals surface area contributed by atoms with Crippen molar-refractivity contribution in [3.05, 3.63) is 46.9 Å². The summed E-state index contributed by atoms with van der Waals surface area (Å²) in [4.78, 5) is 3.38. The van der Waals surface area contributed by atoms with Gasteiger partial charge in [0.25, 0.3) is 0 Å². The molecule has 2 heterocycles.